The fourth-order valence-corrected chi connectivity index (χ4v) is 7.94. The van der Waals surface area contributed by atoms with Crippen molar-refractivity contribution in [1.29, 1.82) is 0 Å². The minimum Gasteiger partial charge on any atom is -0.0795 e. The van der Waals surface area contributed by atoms with Crippen LogP contribution in [0.1, 0.15) is 48.1 Å². The minimum absolute atomic E-state index is 0.0823. The average Bonchev–Trinajstić information content (AvgIpc) is 3.29. The first kappa shape index (κ1) is 24.6. The molecule has 43 heavy (non-hydrogen) atoms. The van der Waals surface area contributed by atoms with Crippen molar-refractivity contribution in [3.05, 3.63) is 155 Å². The van der Waals surface area contributed by atoms with E-state index in [-0.39, 0.29) is 5.41 Å². The second kappa shape index (κ2) is 9.03. The molecular weight excluding hydrogens is 516 g/mol. The second-order valence-corrected chi connectivity index (χ2v) is 12.8. The highest BCUT2D eigenvalue weighted by atomic mass is 14.4. The van der Waals surface area contributed by atoms with Gasteiger partial charge in [0.25, 0.3) is 0 Å². The normalized spacial score (nSPS) is 15.3. The van der Waals surface area contributed by atoms with Crippen LogP contribution in [0.15, 0.2) is 127 Å². The summed E-state index contributed by atoms with van der Waals surface area (Å²) < 4.78 is 0. The molecule has 0 radical (unpaired) electrons. The van der Waals surface area contributed by atoms with Gasteiger partial charge in [-0.3, -0.25) is 0 Å². The van der Waals surface area contributed by atoms with Crippen LogP contribution in [0.4, 0.5) is 0 Å². The zero-order valence-corrected chi connectivity index (χ0v) is 24.6. The summed E-state index contributed by atoms with van der Waals surface area (Å²) in [6, 6.07) is 43.3. The fourth-order valence-electron chi connectivity index (χ4n) is 7.94. The lowest BCUT2D eigenvalue weighted by molar-refractivity contribution is 0.661. The van der Waals surface area contributed by atoms with Crippen LogP contribution in [0.5, 0.6) is 0 Å². The summed E-state index contributed by atoms with van der Waals surface area (Å²) in [4.78, 5) is 0. The number of benzene rings is 6. The second-order valence-electron chi connectivity index (χ2n) is 12.8. The third-order valence-corrected chi connectivity index (χ3v) is 10.1. The average molecular weight is 549 g/mol. The Balaban J connectivity index is 1.19. The number of rotatable bonds is 3. The monoisotopic (exact) mass is 548 g/mol. The molecule has 6 aromatic rings. The molecule has 0 heteroatoms. The lowest BCUT2D eigenvalue weighted by Crippen LogP contribution is -2.15. The standard InChI is InChI=1S/C43H32/c1-43(2)39-25-31(27-9-4-3-5-10-27)19-22-36(39)37-23-20-32(26-40(37)43)33-13-6-7-14-34(33)35-21-17-30-16-15-28-11-8-12-29-18-24-38(35)42(30)41(28)29/h3-10,12-15,17-26H,11,16H2,1-2H3. The van der Waals surface area contributed by atoms with E-state index in [0.717, 1.165) is 12.8 Å². The Bertz CT molecular complexity index is 2190. The molecule has 3 aliphatic carbocycles. The first-order valence-corrected chi connectivity index (χ1v) is 15.5. The van der Waals surface area contributed by atoms with E-state index >= 15 is 0 Å². The van der Waals surface area contributed by atoms with Crippen LogP contribution in [0, 0.1) is 0 Å². The molecule has 0 unspecified atom stereocenters. The molecule has 0 aliphatic heterocycles. The van der Waals surface area contributed by atoms with Crippen LogP contribution >= 0.6 is 0 Å². The lowest BCUT2D eigenvalue weighted by atomic mass is 9.79. The maximum Gasteiger partial charge on any atom is 0.0159 e. The molecule has 0 saturated carbocycles. The molecule has 0 amide bonds. The van der Waals surface area contributed by atoms with Gasteiger partial charge in [-0.25, -0.2) is 0 Å². The summed E-state index contributed by atoms with van der Waals surface area (Å²) in [7, 11) is 0. The van der Waals surface area contributed by atoms with E-state index in [1.165, 1.54) is 88.7 Å². The number of fused-ring (bicyclic) bond motifs is 3. The van der Waals surface area contributed by atoms with Gasteiger partial charge in [-0.2, -0.15) is 0 Å². The van der Waals surface area contributed by atoms with Crippen molar-refractivity contribution in [3.63, 3.8) is 0 Å². The Morgan fingerprint density at radius 2 is 1.23 bits per heavy atom. The van der Waals surface area contributed by atoms with Gasteiger partial charge in [0.05, 0.1) is 0 Å². The number of hydrogen-bond acceptors (Lipinski definition) is 0. The summed E-state index contributed by atoms with van der Waals surface area (Å²) in [5, 5.41) is 2.82. The first-order chi connectivity index (χ1) is 21.1. The molecule has 9 rings (SSSR count). The Hall–Kier alpha value is -4.94. The molecule has 0 heterocycles. The summed E-state index contributed by atoms with van der Waals surface area (Å²) in [6.45, 7) is 4.77. The van der Waals surface area contributed by atoms with Crippen LogP contribution in [-0.2, 0) is 11.8 Å². The van der Waals surface area contributed by atoms with Crippen molar-refractivity contribution in [2.24, 2.45) is 0 Å². The van der Waals surface area contributed by atoms with Crippen LogP contribution < -0.4 is 0 Å². The van der Waals surface area contributed by atoms with Gasteiger partial charge in [-0.15, -0.1) is 0 Å². The van der Waals surface area contributed by atoms with Gasteiger partial charge in [-0.05, 0) is 114 Å². The topological polar surface area (TPSA) is 0 Å². The maximum atomic E-state index is 2.46. The Kier molecular flexibility index (Phi) is 5.17. The van der Waals surface area contributed by atoms with Gasteiger partial charge in [0.1, 0.15) is 0 Å². The van der Waals surface area contributed by atoms with Crippen LogP contribution in [0.3, 0.4) is 0 Å². The molecule has 0 fully saturated rings. The van der Waals surface area contributed by atoms with E-state index in [9.17, 15) is 0 Å². The summed E-state index contributed by atoms with van der Waals surface area (Å²) in [6.07, 6.45) is 9.09. The molecule has 0 N–H and O–H groups in total. The van der Waals surface area contributed by atoms with Crippen molar-refractivity contribution in [2.45, 2.75) is 32.1 Å². The minimum atomic E-state index is -0.0823. The van der Waals surface area contributed by atoms with Crippen LogP contribution in [-0.4, -0.2) is 0 Å². The zero-order valence-electron chi connectivity index (χ0n) is 24.6. The summed E-state index contributed by atoms with van der Waals surface area (Å²) in [5.74, 6) is 0. The van der Waals surface area contributed by atoms with Gasteiger partial charge in [-0.1, -0.05) is 135 Å². The van der Waals surface area contributed by atoms with Gasteiger partial charge in [0.15, 0.2) is 0 Å². The molecule has 0 atom stereocenters. The van der Waals surface area contributed by atoms with Gasteiger partial charge >= 0.3 is 0 Å². The quantitative estimate of drug-likeness (QED) is 0.206. The highest BCUT2D eigenvalue weighted by Gasteiger charge is 2.36. The van der Waals surface area contributed by atoms with E-state index in [4.69, 9.17) is 0 Å². The van der Waals surface area contributed by atoms with E-state index in [0.29, 0.717) is 0 Å². The van der Waals surface area contributed by atoms with E-state index in [1.807, 2.05) is 0 Å². The van der Waals surface area contributed by atoms with Crippen molar-refractivity contribution in [2.75, 3.05) is 0 Å². The Labute approximate surface area is 253 Å². The van der Waals surface area contributed by atoms with Gasteiger partial charge in [0, 0.05) is 5.41 Å². The fraction of sp³-hybridized carbons (Fsp3) is 0.116. The largest absolute Gasteiger partial charge is 0.0795 e. The molecule has 0 aromatic heterocycles. The molecule has 0 saturated heterocycles. The molecule has 0 nitrogen and oxygen atoms in total. The van der Waals surface area contributed by atoms with Crippen molar-refractivity contribution >= 4 is 22.4 Å². The molecule has 0 spiro atoms. The van der Waals surface area contributed by atoms with Crippen molar-refractivity contribution in [3.8, 4) is 44.5 Å². The first-order valence-electron chi connectivity index (χ1n) is 15.5. The third kappa shape index (κ3) is 3.56. The molecule has 0 bridgehead atoms. The predicted molar refractivity (Wildman–Crippen MR) is 183 cm³/mol. The summed E-state index contributed by atoms with van der Waals surface area (Å²) in [5.41, 5.74) is 18.9. The zero-order chi connectivity index (χ0) is 28.7. The van der Waals surface area contributed by atoms with E-state index < -0.39 is 0 Å². The van der Waals surface area contributed by atoms with E-state index in [1.54, 1.807) is 0 Å². The number of hydrogen-bond donors (Lipinski definition) is 0. The SMILES string of the molecule is CC1(C)c2cc(-c3ccccc3)ccc2-c2ccc(-c3ccccc3-c3ccc4c5c6c(ccc35)C=CCC6=CC4)cc21. The van der Waals surface area contributed by atoms with Crippen molar-refractivity contribution in [1.82, 2.24) is 0 Å². The molecule has 6 aromatic carbocycles. The smallest absolute Gasteiger partial charge is 0.0159 e. The predicted octanol–water partition coefficient (Wildman–Crippen LogP) is 11.5. The highest BCUT2D eigenvalue weighted by molar-refractivity contribution is 6.09. The van der Waals surface area contributed by atoms with Gasteiger partial charge in [0.2, 0.25) is 0 Å². The Morgan fingerprint density at radius 3 is 2.05 bits per heavy atom. The maximum absolute atomic E-state index is 2.46. The van der Waals surface area contributed by atoms with Crippen LogP contribution in [0.2, 0.25) is 0 Å². The van der Waals surface area contributed by atoms with Crippen LogP contribution in [0.25, 0.3) is 66.9 Å². The number of allylic oxidation sites excluding steroid dienone is 3. The third-order valence-electron chi connectivity index (χ3n) is 10.1. The van der Waals surface area contributed by atoms with Gasteiger partial charge < -0.3 is 0 Å². The molecular formula is C43H32. The Morgan fingerprint density at radius 1 is 0.535 bits per heavy atom. The lowest BCUT2D eigenvalue weighted by Gasteiger charge is -2.25. The van der Waals surface area contributed by atoms with E-state index in [2.05, 4.69) is 147 Å². The molecule has 3 aliphatic rings. The highest BCUT2D eigenvalue weighted by Crippen LogP contribution is 2.51. The molecule has 204 valence electrons. The van der Waals surface area contributed by atoms with Crippen molar-refractivity contribution < 1.29 is 0 Å². The summed E-state index contributed by atoms with van der Waals surface area (Å²) >= 11 is 0.